The third-order valence-corrected chi connectivity index (χ3v) is 2.34. The second-order valence-corrected chi connectivity index (χ2v) is 3.34. The molecule has 70 valence electrons. The molecule has 13 heavy (non-hydrogen) atoms. The van der Waals surface area contributed by atoms with Gasteiger partial charge in [0.15, 0.2) is 0 Å². The maximum atomic E-state index is 5.67. The van der Waals surface area contributed by atoms with Crippen LogP contribution in [0.4, 0.5) is 0 Å². The normalized spacial score (nSPS) is 27.7. The lowest BCUT2D eigenvalue weighted by Gasteiger charge is -2.30. The standard InChI is InChI=1S/C11H15NO/c1-2-5-9-12(8-4-1)11-7-3-6-10-13-11/h1-2,4-5,8-9,11H,3,6-7,10H2. The quantitative estimate of drug-likeness (QED) is 0.610. The minimum Gasteiger partial charge on any atom is -0.358 e. The number of nitrogens with zero attached hydrogens (tertiary/aromatic N) is 1. The van der Waals surface area contributed by atoms with E-state index < -0.39 is 0 Å². The van der Waals surface area contributed by atoms with Gasteiger partial charge in [0.1, 0.15) is 6.23 Å². The molecule has 2 aliphatic rings. The summed E-state index contributed by atoms with van der Waals surface area (Å²) in [6.07, 6.45) is 16.1. The van der Waals surface area contributed by atoms with Crippen molar-refractivity contribution in [1.82, 2.24) is 4.90 Å². The smallest absolute Gasteiger partial charge is 0.133 e. The third kappa shape index (κ3) is 2.22. The van der Waals surface area contributed by atoms with Gasteiger partial charge in [-0.3, -0.25) is 0 Å². The molecule has 0 bridgehead atoms. The topological polar surface area (TPSA) is 12.5 Å². The summed E-state index contributed by atoms with van der Waals surface area (Å²) in [6.45, 7) is 0.899. The van der Waals surface area contributed by atoms with Crippen LogP contribution in [-0.4, -0.2) is 17.7 Å². The molecule has 0 saturated carbocycles. The van der Waals surface area contributed by atoms with E-state index in [4.69, 9.17) is 4.74 Å². The fourth-order valence-corrected chi connectivity index (χ4v) is 1.63. The van der Waals surface area contributed by atoms with Crippen LogP contribution in [0.2, 0.25) is 0 Å². The summed E-state index contributed by atoms with van der Waals surface area (Å²) in [4.78, 5) is 2.14. The molecule has 1 atom stereocenters. The Morgan fingerprint density at radius 1 is 1.00 bits per heavy atom. The van der Waals surface area contributed by atoms with Gasteiger partial charge < -0.3 is 9.64 Å². The maximum absolute atomic E-state index is 5.67. The van der Waals surface area contributed by atoms with Gasteiger partial charge in [-0.05, 0) is 31.4 Å². The van der Waals surface area contributed by atoms with E-state index in [1.54, 1.807) is 0 Å². The minimum absolute atomic E-state index is 0.251. The van der Waals surface area contributed by atoms with Crippen molar-refractivity contribution in [1.29, 1.82) is 0 Å². The zero-order valence-corrected chi connectivity index (χ0v) is 7.73. The summed E-state index contributed by atoms with van der Waals surface area (Å²) < 4.78 is 5.67. The molecule has 1 fully saturated rings. The first-order valence-electron chi connectivity index (χ1n) is 4.87. The van der Waals surface area contributed by atoms with Gasteiger partial charge >= 0.3 is 0 Å². The Morgan fingerprint density at radius 2 is 1.77 bits per heavy atom. The van der Waals surface area contributed by atoms with Crippen LogP contribution in [0.1, 0.15) is 19.3 Å². The second-order valence-electron chi connectivity index (χ2n) is 3.34. The Morgan fingerprint density at radius 3 is 2.38 bits per heavy atom. The molecule has 0 N–H and O–H groups in total. The van der Waals surface area contributed by atoms with Crippen LogP contribution in [0.15, 0.2) is 36.7 Å². The van der Waals surface area contributed by atoms with Crippen molar-refractivity contribution < 1.29 is 4.74 Å². The molecule has 0 spiro atoms. The Bertz CT molecular complexity index is 220. The lowest BCUT2D eigenvalue weighted by molar-refractivity contribution is -0.0479. The van der Waals surface area contributed by atoms with Crippen molar-refractivity contribution in [3.05, 3.63) is 36.7 Å². The minimum atomic E-state index is 0.251. The average Bonchev–Trinajstić information content (AvgIpc) is 2.47. The van der Waals surface area contributed by atoms with Crippen LogP contribution in [0.25, 0.3) is 0 Å². The predicted molar refractivity (Wildman–Crippen MR) is 52.9 cm³/mol. The van der Waals surface area contributed by atoms with Gasteiger partial charge in [0.25, 0.3) is 0 Å². The molecule has 0 radical (unpaired) electrons. The molecule has 2 heterocycles. The Kier molecular flexibility index (Phi) is 2.82. The van der Waals surface area contributed by atoms with E-state index in [2.05, 4.69) is 17.3 Å². The summed E-state index contributed by atoms with van der Waals surface area (Å²) in [5.74, 6) is 0. The molecule has 0 amide bonds. The fourth-order valence-electron chi connectivity index (χ4n) is 1.63. The Hall–Kier alpha value is -1.02. The van der Waals surface area contributed by atoms with Crippen molar-refractivity contribution in [2.45, 2.75) is 25.5 Å². The summed E-state index contributed by atoms with van der Waals surface area (Å²) >= 11 is 0. The van der Waals surface area contributed by atoms with Crippen molar-refractivity contribution in [3.63, 3.8) is 0 Å². The molecular formula is C11H15NO. The van der Waals surface area contributed by atoms with Gasteiger partial charge in [-0.15, -0.1) is 0 Å². The summed E-state index contributed by atoms with van der Waals surface area (Å²) in [6, 6.07) is 0. The first-order chi connectivity index (χ1) is 6.47. The van der Waals surface area contributed by atoms with Crippen molar-refractivity contribution >= 4 is 0 Å². The highest BCUT2D eigenvalue weighted by Crippen LogP contribution is 2.18. The number of rotatable bonds is 1. The molecule has 0 aromatic rings. The van der Waals surface area contributed by atoms with Gasteiger partial charge in [-0.25, -0.2) is 0 Å². The molecule has 2 aliphatic heterocycles. The lowest BCUT2D eigenvalue weighted by atomic mass is 10.2. The molecule has 0 aliphatic carbocycles. The molecule has 0 aromatic carbocycles. The zero-order chi connectivity index (χ0) is 8.93. The van der Waals surface area contributed by atoms with Crippen molar-refractivity contribution in [3.8, 4) is 0 Å². The van der Waals surface area contributed by atoms with Gasteiger partial charge in [-0.1, -0.05) is 12.2 Å². The number of hydrogen-bond donors (Lipinski definition) is 0. The van der Waals surface area contributed by atoms with Gasteiger partial charge in [-0.2, -0.15) is 0 Å². The van der Waals surface area contributed by atoms with Crippen molar-refractivity contribution in [2.24, 2.45) is 0 Å². The van der Waals surface area contributed by atoms with Crippen LogP contribution in [0.5, 0.6) is 0 Å². The van der Waals surface area contributed by atoms with Gasteiger partial charge in [0.05, 0.1) is 0 Å². The van der Waals surface area contributed by atoms with Crippen LogP contribution in [-0.2, 0) is 4.74 Å². The Balaban J connectivity index is 1.98. The second kappa shape index (κ2) is 4.28. The molecule has 1 unspecified atom stereocenters. The van der Waals surface area contributed by atoms with E-state index in [1.165, 1.54) is 12.8 Å². The lowest BCUT2D eigenvalue weighted by Crippen LogP contribution is -2.32. The van der Waals surface area contributed by atoms with Gasteiger partial charge in [0.2, 0.25) is 0 Å². The molecule has 2 nitrogen and oxygen atoms in total. The summed E-state index contributed by atoms with van der Waals surface area (Å²) in [7, 11) is 0. The van der Waals surface area contributed by atoms with E-state index in [0.717, 1.165) is 13.0 Å². The molecule has 2 heteroatoms. The molecule has 2 rings (SSSR count). The number of allylic oxidation sites excluding steroid dienone is 4. The highest BCUT2D eigenvalue weighted by Gasteiger charge is 2.17. The van der Waals surface area contributed by atoms with E-state index in [0.29, 0.717) is 0 Å². The summed E-state index contributed by atoms with van der Waals surface area (Å²) in [5.41, 5.74) is 0. The van der Waals surface area contributed by atoms with E-state index in [-0.39, 0.29) is 6.23 Å². The van der Waals surface area contributed by atoms with E-state index >= 15 is 0 Å². The fraction of sp³-hybridized carbons (Fsp3) is 0.455. The zero-order valence-electron chi connectivity index (χ0n) is 7.73. The largest absolute Gasteiger partial charge is 0.358 e. The average molecular weight is 177 g/mol. The van der Waals surface area contributed by atoms with Crippen LogP contribution in [0.3, 0.4) is 0 Å². The van der Waals surface area contributed by atoms with Crippen LogP contribution < -0.4 is 0 Å². The SMILES string of the molecule is C1=CC=CN(C2CCCCO2)C=C1. The van der Waals surface area contributed by atoms with Crippen LogP contribution in [0, 0.1) is 0 Å². The highest BCUT2D eigenvalue weighted by molar-refractivity contribution is 5.15. The Labute approximate surface area is 79.2 Å². The third-order valence-electron chi connectivity index (χ3n) is 2.34. The van der Waals surface area contributed by atoms with Crippen molar-refractivity contribution in [2.75, 3.05) is 6.61 Å². The molecular weight excluding hydrogens is 162 g/mol. The predicted octanol–water partition coefficient (Wildman–Crippen LogP) is 2.41. The summed E-state index contributed by atoms with van der Waals surface area (Å²) in [5, 5.41) is 0. The van der Waals surface area contributed by atoms with E-state index in [1.807, 2.05) is 24.3 Å². The maximum Gasteiger partial charge on any atom is 0.133 e. The monoisotopic (exact) mass is 177 g/mol. The first-order valence-corrected chi connectivity index (χ1v) is 4.87. The molecule has 0 aromatic heterocycles. The molecule has 1 saturated heterocycles. The first kappa shape index (κ1) is 8.57. The number of hydrogen-bond acceptors (Lipinski definition) is 2. The van der Waals surface area contributed by atoms with E-state index in [9.17, 15) is 0 Å². The van der Waals surface area contributed by atoms with Crippen LogP contribution >= 0.6 is 0 Å². The number of ether oxygens (including phenoxy) is 1. The van der Waals surface area contributed by atoms with Gasteiger partial charge in [0, 0.05) is 19.0 Å². The highest BCUT2D eigenvalue weighted by atomic mass is 16.5.